The van der Waals surface area contributed by atoms with Gasteiger partial charge < -0.3 is 8.98 Å². The standard InChI is InChI=1S/C54H34N2OSe/c1-2-10-39(11-3-1)56-49-15-7-4-12-43(49)44-29-22-38(33-50(44)56)36-20-26-41(27-21-36)55(42-28-30-52-47(34-42)45-13-5-8-16-51(45)57-52)40-24-18-35(19-25-40)37-23-31-54-48(32-37)46-14-6-9-17-53(46)58-54/h1-34H. The molecule has 0 aliphatic heterocycles. The Balaban J connectivity index is 0.961. The van der Waals surface area contributed by atoms with Crippen molar-refractivity contribution in [3.05, 3.63) is 206 Å². The Morgan fingerprint density at radius 2 is 0.914 bits per heavy atom. The smallest absolute Gasteiger partial charge is 0.0602 e. The number of rotatable bonds is 6. The van der Waals surface area contributed by atoms with Gasteiger partial charge in [0.05, 0.1) is 11.0 Å². The fraction of sp³-hybridized carbons (Fsp3) is 0. The van der Waals surface area contributed by atoms with Crippen LogP contribution in [0.5, 0.6) is 0 Å². The summed E-state index contributed by atoms with van der Waals surface area (Å²) < 4.78 is 11.6. The molecule has 58 heavy (non-hydrogen) atoms. The van der Waals surface area contributed by atoms with E-state index in [-0.39, 0.29) is 0 Å². The first kappa shape index (κ1) is 33.1. The third kappa shape index (κ3) is 5.34. The van der Waals surface area contributed by atoms with E-state index in [9.17, 15) is 0 Å². The predicted octanol–water partition coefficient (Wildman–Crippen LogP) is 14.9. The van der Waals surface area contributed by atoms with Crippen LogP contribution in [-0.4, -0.2) is 19.1 Å². The van der Waals surface area contributed by atoms with Gasteiger partial charge in [0.25, 0.3) is 0 Å². The monoisotopic (exact) mass is 806 g/mol. The van der Waals surface area contributed by atoms with Crippen molar-refractivity contribution in [1.29, 1.82) is 0 Å². The van der Waals surface area contributed by atoms with Crippen molar-refractivity contribution in [3.63, 3.8) is 0 Å². The van der Waals surface area contributed by atoms with Gasteiger partial charge in [-0.15, -0.1) is 0 Å². The number of fused-ring (bicyclic) bond motifs is 9. The normalized spacial score (nSPS) is 11.8. The summed E-state index contributed by atoms with van der Waals surface area (Å²) in [6.07, 6.45) is 0. The first-order valence-electron chi connectivity index (χ1n) is 19.7. The summed E-state index contributed by atoms with van der Waals surface area (Å²) in [5.74, 6) is 0. The van der Waals surface area contributed by atoms with Crippen LogP contribution >= 0.6 is 0 Å². The molecule has 272 valence electrons. The van der Waals surface area contributed by atoms with Gasteiger partial charge in [0.1, 0.15) is 11.2 Å². The molecule has 0 unspecified atom stereocenters. The summed E-state index contributed by atoms with van der Waals surface area (Å²) in [5, 5.41) is 7.49. The number of nitrogens with zero attached hydrogens (tertiary/aromatic N) is 2. The molecule has 4 heteroatoms. The van der Waals surface area contributed by atoms with E-state index in [1.54, 1.807) is 0 Å². The molecule has 3 nitrogen and oxygen atoms in total. The zero-order chi connectivity index (χ0) is 38.2. The zero-order valence-corrected chi connectivity index (χ0v) is 33.1. The summed E-state index contributed by atoms with van der Waals surface area (Å²) in [5.41, 5.74) is 13.4. The van der Waals surface area contributed by atoms with E-state index in [1.165, 1.54) is 63.4 Å². The minimum Gasteiger partial charge on any atom is -0.0602 e. The van der Waals surface area contributed by atoms with E-state index in [4.69, 9.17) is 4.42 Å². The summed E-state index contributed by atoms with van der Waals surface area (Å²) in [6.45, 7) is 0. The van der Waals surface area contributed by atoms with Crippen molar-refractivity contribution in [2.24, 2.45) is 0 Å². The van der Waals surface area contributed by atoms with Gasteiger partial charge in [-0.25, -0.2) is 0 Å². The van der Waals surface area contributed by atoms with Crippen LogP contribution in [0.15, 0.2) is 211 Å². The van der Waals surface area contributed by atoms with Crippen LogP contribution in [0.4, 0.5) is 17.1 Å². The molecule has 0 radical (unpaired) electrons. The molecule has 0 saturated carbocycles. The molecule has 0 aliphatic rings. The van der Waals surface area contributed by atoms with Gasteiger partial charge >= 0.3 is 181 Å². The minimum absolute atomic E-state index is 0.362. The molecule has 0 aliphatic carbocycles. The van der Waals surface area contributed by atoms with Crippen LogP contribution in [0.3, 0.4) is 0 Å². The average Bonchev–Trinajstić information content (AvgIpc) is 3.96. The van der Waals surface area contributed by atoms with Crippen LogP contribution < -0.4 is 4.90 Å². The molecule has 9 aromatic carbocycles. The summed E-state index contributed by atoms with van der Waals surface area (Å²) in [4.78, 5) is 2.35. The van der Waals surface area contributed by atoms with Gasteiger partial charge in [-0.1, -0.05) is 66.7 Å². The van der Waals surface area contributed by atoms with Crippen molar-refractivity contribution in [2.45, 2.75) is 0 Å². The second kappa shape index (κ2) is 13.2. The number of hydrogen-bond acceptors (Lipinski definition) is 2. The van der Waals surface area contributed by atoms with Crippen LogP contribution in [0.25, 0.3) is 91.0 Å². The fourth-order valence-electron chi connectivity index (χ4n) is 8.82. The van der Waals surface area contributed by atoms with E-state index in [1.807, 2.05) is 12.1 Å². The third-order valence-corrected chi connectivity index (χ3v) is 14.0. The number of hydrogen-bond donors (Lipinski definition) is 0. The Hall–Kier alpha value is -7.10. The van der Waals surface area contributed by atoms with E-state index in [2.05, 4.69) is 204 Å². The Morgan fingerprint density at radius 3 is 1.71 bits per heavy atom. The van der Waals surface area contributed by atoms with Crippen molar-refractivity contribution in [3.8, 4) is 27.9 Å². The van der Waals surface area contributed by atoms with Gasteiger partial charge in [-0.2, -0.15) is 0 Å². The molecule has 0 spiro atoms. The number of benzene rings is 9. The van der Waals surface area contributed by atoms with Crippen molar-refractivity contribution >= 4 is 94.6 Å². The van der Waals surface area contributed by atoms with Crippen LogP contribution in [0.1, 0.15) is 0 Å². The van der Waals surface area contributed by atoms with Gasteiger partial charge in [0.2, 0.25) is 0 Å². The zero-order valence-electron chi connectivity index (χ0n) is 31.3. The molecule has 0 atom stereocenters. The second-order valence-electron chi connectivity index (χ2n) is 14.9. The maximum absolute atomic E-state index is 6.25. The van der Waals surface area contributed by atoms with Crippen LogP contribution in [-0.2, 0) is 0 Å². The number of aromatic nitrogens is 1. The Kier molecular flexibility index (Phi) is 7.56. The summed E-state index contributed by atoms with van der Waals surface area (Å²) >= 11 is 0.362. The molecular formula is C54H34N2OSe. The first-order valence-corrected chi connectivity index (χ1v) is 21.4. The number of furan rings is 1. The van der Waals surface area contributed by atoms with Gasteiger partial charge in [0.15, 0.2) is 0 Å². The second-order valence-corrected chi connectivity index (χ2v) is 17.2. The topological polar surface area (TPSA) is 21.3 Å². The molecule has 0 saturated heterocycles. The van der Waals surface area contributed by atoms with Gasteiger partial charge in [-0.3, -0.25) is 0 Å². The Bertz CT molecular complexity index is 3500. The molecule has 12 aromatic rings. The molecule has 0 N–H and O–H groups in total. The molecule has 0 bridgehead atoms. The third-order valence-electron chi connectivity index (χ3n) is 11.6. The van der Waals surface area contributed by atoms with Crippen molar-refractivity contribution in [1.82, 2.24) is 4.57 Å². The number of para-hydroxylation sites is 3. The predicted molar refractivity (Wildman–Crippen MR) is 246 cm³/mol. The molecule has 3 aromatic heterocycles. The van der Waals surface area contributed by atoms with Gasteiger partial charge in [0, 0.05) is 21.8 Å². The molecule has 0 amide bonds. The fourth-order valence-corrected chi connectivity index (χ4v) is 11.1. The summed E-state index contributed by atoms with van der Waals surface area (Å²) in [6, 6.07) is 74.9. The Morgan fingerprint density at radius 1 is 0.345 bits per heavy atom. The molecule has 12 rings (SSSR count). The van der Waals surface area contributed by atoms with Gasteiger partial charge in [-0.05, 0) is 41.5 Å². The minimum atomic E-state index is 0.362. The SMILES string of the molecule is c1ccc(-n2c3ccccc3c3ccc(-c4ccc(N(c5ccc(-c6ccc7[se]c8ccccc8c7c6)cc5)c5ccc6oc7ccccc7c6c5)cc4)cc32)cc1. The van der Waals surface area contributed by atoms with Crippen LogP contribution in [0, 0.1) is 0 Å². The quantitative estimate of drug-likeness (QED) is 0.156. The maximum atomic E-state index is 6.25. The summed E-state index contributed by atoms with van der Waals surface area (Å²) in [7, 11) is 0. The molecular weight excluding hydrogens is 772 g/mol. The Labute approximate surface area is 341 Å². The van der Waals surface area contributed by atoms with Crippen molar-refractivity contribution in [2.75, 3.05) is 4.90 Å². The average molecular weight is 806 g/mol. The van der Waals surface area contributed by atoms with E-state index >= 15 is 0 Å². The van der Waals surface area contributed by atoms with E-state index in [0.717, 1.165) is 44.7 Å². The number of anilines is 3. The molecule has 3 heterocycles. The first-order chi connectivity index (χ1) is 28.7. The van der Waals surface area contributed by atoms with Crippen LogP contribution in [0.2, 0.25) is 0 Å². The van der Waals surface area contributed by atoms with Crippen molar-refractivity contribution < 1.29 is 4.42 Å². The van der Waals surface area contributed by atoms with E-state index in [0.29, 0.717) is 14.5 Å². The van der Waals surface area contributed by atoms with E-state index < -0.39 is 0 Å². The molecule has 0 fully saturated rings.